The molecule has 90 valence electrons. The molecular formula is C12H20N2OS. The van der Waals surface area contributed by atoms with Gasteiger partial charge < -0.3 is 5.11 Å². The minimum Gasteiger partial charge on any atom is -0.395 e. The maximum absolute atomic E-state index is 9.25. The van der Waals surface area contributed by atoms with Crippen LogP contribution in [0.3, 0.4) is 0 Å². The van der Waals surface area contributed by atoms with Gasteiger partial charge in [-0.25, -0.2) is 4.98 Å². The van der Waals surface area contributed by atoms with Crippen molar-refractivity contribution in [2.24, 2.45) is 0 Å². The van der Waals surface area contributed by atoms with Crippen LogP contribution in [0, 0.1) is 0 Å². The molecule has 0 bridgehead atoms. The minimum absolute atomic E-state index is 0.279. The molecule has 1 aliphatic heterocycles. The molecule has 0 unspecified atom stereocenters. The van der Waals surface area contributed by atoms with E-state index in [2.05, 4.69) is 29.1 Å². The lowest BCUT2D eigenvalue weighted by atomic mass is 10.2. The van der Waals surface area contributed by atoms with E-state index in [0.29, 0.717) is 12.0 Å². The van der Waals surface area contributed by atoms with Gasteiger partial charge in [-0.05, 0) is 19.4 Å². The minimum atomic E-state index is 0.279. The lowest BCUT2D eigenvalue weighted by Crippen LogP contribution is -2.31. The number of likely N-dealkylation sites (tertiary alicyclic amines) is 1. The Morgan fingerprint density at radius 3 is 3.06 bits per heavy atom. The number of aliphatic hydroxyl groups is 1. The summed E-state index contributed by atoms with van der Waals surface area (Å²) in [5.74, 6) is 0.519. The van der Waals surface area contributed by atoms with Crippen molar-refractivity contribution in [3.63, 3.8) is 0 Å². The van der Waals surface area contributed by atoms with Crippen molar-refractivity contribution < 1.29 is 5.11 Å². The van der Waals surface area contributed by atoms with Crippen LogP contribution >= 0.6 is 11.3 Å². The van der Waals surface area contributed by atoms with Gasteiger partial charge in [0.2, 0.25) is 0 Å². The molecule has 1 saturated heterocycles. The molecule has 1 atom stereocenters. The predicted octanol–water partition coefficient (Wildman–Crippen LogP) is 2.22. The largest absolute Gasteiger partial charge is 0.395 e. The Morgan fingerprint density at radius 1 is 1.62 bits per heavy atom. The molecule has 1 fully saturated rings. The van der Waals surface area contributed by atoms with E-state index in [9.17, 15) is 5.11 Å². The number of aliphatic hydroxyl groups excluding tert-OH is 1. The lowest BCUT2D eigenvalue weighted by Gasteiger charge is -2.21. The highest BCUT2D eigenvalue weighted by Gasteiger charge is 2.24. The van der Waals surface area contributed by atoms with Crippen LogP contribution in [0.25, 0.3) is 0 Å². The first-order chi connectivity index (χ1) is 7.70. The maximum Gasteiger partial charge on any atom is 0.0954 e. The van der Waals surface area contributed by atoms with Gasteiger partial charge in [0.05, 0.1) is 17.3 Å². The Labute approximate surface area is 101 Å². The Kier molecular flexibility index (Phi) is 3.95. The number of thiazole rings is 1. The molecule has 2 heterocycles. The van der Waals surface area contributed by atoms with E-state index in [1.165, 1.54) is 11.4 Å². The number of nitrogens with zero attached hydrogens (tertiary/aromatic N) is 2. The van der Waals surface area contributed by atoms with Crippen LogP contribution in [0.1, 0.15) is 43.3 Å². The van der Waals surface area contributed by atoms with Gasteiger partial charge in [0.25, 0.3) is 0 Å². The van der Waals surface area contributed by atoms with Crippen molar-refractivity contribution >= 4 is 11.3 Å². The Hall–Kier alpha value is -0.450. The average Bonchev–Trinajstić information content (AvgIpc) is 2.87. The van der Waals surface area contributed by atoms with Gasteiger partial charge in [0.15, 0.2) is 0 Å². The van der Waals surface area contributed by atoms with E-state index >= 15 is 0 Å². The van der Waals surface area contributed by atoms with Crippen molar-refractivity contribution in [3.05, 3.63) is 16.1 Å². The smallest absolute Gasteiger partial charge is 0.0954 e. The third kappa shape index (κ3) is 2.62. The van der Waals surface area contributed by atoms with Crippen molar-refractivity contribution in [1.29, 1.82) is 0 Å². The highest BCUT2D eigenvalue weighted by molar-refractivity contribution is 7.09. The fourth-order valence-corrected chi connectivity index (χ4v) is 3.00. The van der Waals surface area contributed by atoms with Crippen LogP contribution in [0.5, 0.6) is 0 Å². The van der Waals surface area contributed by atoms with E-state index in [1.54, 1.807) is 11.3 Å². The molecule has 1 aromatic heterocycles. The summed E-state index contributed by atoms with van der Waals surface area (Å²) in [5.41, 5.74) is 1.16. The zero-order valence-corrected chi connectivity index (χ0v) is 10.8. The summed E-state index contributed by atoms with van der Waals surface area (Å²) in [6.07, 6.45) is 2.32. The molecular weight excluding hydrogens is 220 g/mol. The molecule has 1 aliphatic rings. The van der Waals surface area contributed by atoms with Crippen LogP contribution in [-0.2, 0) is 6.54 Å². The van der Waals surface area contributed by atoms with Crippen molar-refractivity contribution in [3.8, 4) is 0 Å². The first kappa shape index (κ1) is 12.0. The van der Waals surface area contributed by atoms with Gasteiger partial charge in [-0.3, -0.25) is 4.90 Å². The fourth-order valence-electron chi connectivity index (χ4n) is 2.18. The number of rotatable bonds is 4. The molecule has 0 aromatic carbocycles. The maximum atomic E-state index is 9.25. The Balaban J connectivity index is 1.97. The lowest BCUT2D eigenvalue weighted by molar-refractivity contribution is 0.152. The zero-order chi connectivity index (χ0) is 11.5. The summed E-state index contributed by atoms with van der Waals surface area (Å²) in [6, 6.07) is 0.351. The molecule has 0 saturated carbocycles. The van der Waals surface area contributed by atoms with E-state index < -0.39 is 0 Å². The van der Waals surface area contributed by atoms with Gasteiger partial charge in [-0.15, -0.1) is 11.3 Å². The second-order valence-corrected chi connectivity index (χ2v) is 5.67. The van der Waals surface area contributed by atoms with Crippen LogP contribution in [0.15, 0.2) is 5.38 Å². The molecule has 1 N–H and O–H groups in total. The molecule has 0 aliphatic carbocycles. The summed E-state index contributed by atoms with van der Waals surface area (Å²) in [5, 5.41) is 12.6. The van der Waals surface area contributed by atoms with Crippen LogP contribution < -0.4 is 0 Å². The summed E-state index contributed by atoms with van der Waals surface area (Å²) >= 11 is 1.75. The summed E-state index contributed by atoms with van der Waals surface area (Å²) in [7, 11) is 0. The van der Waals surface area contributed by atoms with Gasteiger partial charge in [-0.1, -0.05) is 13.8 Å². The zero-order valence-electron chi connectivity index (χ0n) is 10.0. The van der Waals surface area contributed by atoms with Gasteiger partial charge in [0.1, 0.15) is 0 Å². The van der Waals surface area contributed by atoms with Crippen LogP contribution in [0.4, 0.5) is 0 Å². The fraction of sp³-hybridized carbons (Fsp3) is 0.750. The first-order valence-electron chi connectivity index (χ1n) is 6.00. The molecule has 0 spiro atoms. The average molecular weight is 240 g/mol. The topological polar surface area (TPSA) is 36.4 Å². The SMILES string of the molecule is CC(C)c1nc(CN2CCC[C@@H]2CO)cs1. The molecule has 1 aromatic rings. The van der Waals surface area contributed by atoms with Gasteiger partial charge >= 0.3 is 0 Å². The summed E-state index contributed by atoms with van der Waals surface area (Å²) in [4.78, 5) is 6.98. The van der Waals surface area contributed by atoms with Gasteiger partial charge in [-0.2, -0.15) is 0 Å². The molecule has 2 rings (SSSR count). The van der Waals surface area contributed by atoms with E-state index in [1.807, 2.05) is 0 Å². The number of aromatic nitrogens is 1. The highest BCUT2D eigenvalue weighted by atomic mass is 32.1. The Morgan fingerprint density at radius 2 is 2.44 bits per heavy atom. The van der Waals surface area contributed by atoms with Crippen molar-refractivity contribution in [2.75, 3.05) is 13.2 Å². The van der Waals surface area contributed by atoms with Crippen LogP contribution in [-0.4, -0.2) is 34.2 Å². The summed E-state index contributed by atoms with van der Waals surface area (Å²) in [6.45, 7) is 6.62. The van der Waals surface area contributed by atoms with E-state index in [-0.39, 0.29) is 6.61 Å². The van der Waals surface area contributed by atoms with Gasteiger partial charge in [0, 0.05) is 23.9 Å². The monoisotopic (exact) mass is 240 g/mol. The number of hydrogen-bond donors (Lipinski definition) is 1. The Bertz CT molecular complexity index is 338. The summed E-state index contributed by atoms with van der Waals surface area (Å²) < 4.78 is 0. The highest BCUT2D eigenvalue weighted by Crippen LogP contribution is 2.23. The normalized spacial score (nSPS) is 22.1. The van der Waals surface area contributed by atoms with E-state index in [4.69, 9.17) is 0 Å². The molecule has 16 heavy (non-hydrogen) atoms. The number of hydrogen-bond acceptors (Lipinski definition) is 4. The second kappa shape index (κ2) is 5.25. The standard InChI is InChI=1S/C12H20N2OS/c1-9(2)12-13-10(8-16-12)6-14-5-3-4-11(14)7-15/h8-9,11,15H,3-7H2,1-2H3/t11-/m1/s1. The first-order valence-corrected chi connectivity index (χ1v) is 6.88. The molecule has 0 amide bonds. The van der Waals surface area contributed by atoms with Crippen molar-refractivity contribution in [1.82, 2.24) is 9.88 Å². The quantitative estimate of drug-likeness (QED) is 0.876. The third-order valence-electron chi connectivity index (χ3n) is 3.14. The van der Waals surface area contributed by atoms with Crippen LogP contribution in [0.2, 0.25) is 0 Å². The van der Waals surface area contributed by atoms with E-state index in [0.717, 1.165) is 25.2 Å². The third-order valence-corrected chi connectivity index (χ3v) is 4.33. The molecule has 0 radical (unpaired) electrons. The second-order valence-electron chi connectivity index (χ2n) is 4.78. The molecule has 3 nitrogen and oxygen atoms in total. The van der Waals surface area contributed by atoms with Crippen molar-refractivity contribution in [2.45, 2.75) is 45.2 Å². The predicted molar refractivity (Wildman–Crippen MR) is 66.7 cm³/mol. The molecule has 4 heteroatoms.